The molecule has 0 bridgehead atoms. The van der Waals surface area contributed by atoms with Crippen molar-refractivity contribution in [1.29, 1.82) is 0 Å². The Hall–Kier alpha value is -0.130. The number of rotatable bonds is 8. The second-order valence-corrected chi connectivity index (χ2v) is 8.57. The zero-order valence-corrected chi connectivity index (χ0v) is 13.5. The second-order valence-electron chi connectivity index (χ2n) is 6.10. The average Bonchev–Trinajstić information content (AvgIpc) is 2.37. The summed E-state index contributed by atoms with van der Waals surface area (Å²) in [5.41, 5.74) is 0. The van der Waals surface area contributed by atoms with Gasteiger partial charge in [-0.2, -0.15) is 0 Å². The van der Waals surface area contributed by atoms with Gasteiger partial charge in [0.25, 0.3) is 0 Å². The normalized spacial score (nSPS) is 22.0. The van der Waals surface area contributed by atoms with Crippen molar-refractivity contribution in [3.8, 4) is 0 Å². The molecular weight excluding hydrogens is 260 g/mol. The third-order valence-corrected chi connectivity index (χ3v) is 5.43. The van der Waals surface area contributed by atoms with Gasteiger partial charge in [-0.25, -0.2) is 8.42 Å². The first-order chi connectivity index (χ1) is 8.93. The van der Waals surface area contributed by atoms with Crippen LogP contribution >= 0.6 is 0 Å². The van der Waals surface area contributed by atoms with E-state index in [1.165, 1.54) is 12.8 Å². The van der Waals surface area contributed by atoms with Gasteiger partial charge in [0.1, 0.15) is 0 Å². The molecule has 1 heterocycles. The third-order valence-electron chi connectivity index (χ3n) is 3.75. The van der Waals surface area contributed by atoms with E-state index >= 15 is 0 Å². The van der Waals surface area contributed by atoms with Gasteiger partial charge in [0, 0.05) is 18.8 Å². The van der Waals surface area contributed by atoms with Gasteiger partial charge in [-0.3, -0.25) is 0 Å². The maximum atomic E-state index is 11.5. The van der Waals surface area contributed by atoms with Crippen molar-refractivity contribution in [2.75, 3.05) is 44.2 Å². The SMILES string of the molecule is CCS(=O)(=O)CCN1CCCC(CNCC(C)C)C1. The molecule has 5 heteroatoms. The van der Waals surface area contributed by atoms with E-state index in [0.717, 1.165) is 26.2 Å². The van der Waals surface area contributed by atoms with Gasteiger partial charge in [-0.1, -0.05) is 20.8 Å². The van der Waals surface area contributed by atoms with E-state index in [-0.39, 0.29) is 5.75 Å². The van der Waals surface area contributed by atoms with Crippen molar-refractivity contribution in [1.82, 2.24) is 10.2 Å². The Labute approximate surface area is 118 Å². The molecule has 1 unspecified atom stereocenters. The summed E-state index contributed by atoms with van der Waals surface area (Å²) >= 11 is 0. The van der Waals surface area contributed by atoms with Crippen LogP contribution in [0, 0.1) is 11.8 Å². The first-order valence-corrected chi connectivity index (χ1v) is 9.38. The molecule has 0 radical (unpaired) electrons. The van der Waals surface area contributed by atoms with Gasteiger partial charge in [0.2, 0.25) is 0 Å². The molecule has 114 valence electrons. The summed E-state index contributed by atoms with van der Waals surface area (Å²) in [5.74, 6) is 1.95. The van der Waals surface area contributed by atoms with Crippen LogP contribution in [0.2, 0.25) is 0 Å². The molecule has 1 aliphatic heterocycles. The van der Waals surface area contributed by atoms with Crippen LogP contribution in [-0.4, -0.2) is 57.5 Å². The number of likely N-dealkylation sites (tertiary alicyclic amines) is 1. The standard InChI is InChI=1S/C14H30N2O2S/c1-4-19(17,18)9-8-16-7-5-6-14(12-16)11-15-10-13(2)3/h13-15H,4-12H2,1-3H3. The van der Waals surface area contributed by atoms with Crippen molar-refractivity contribution in [2.45, 2.75) is 33.6 Å². The van der Waals surface area contributed by atoms with Crippen molar-refractivity contribution in [3.63, 3.8) is 0 Å². The molecule has 1 saturated heterocycles. The first kappa shape index (κ1) is 16.9. The van der Waals surface area contributed by atoms with E-state index in [1.54, 1.807) is 6.92 Å². The van der Waals surface area contributed by atoms with Crippen LogP contribution in [0.5, 0.6) is 0 Å². The molecule has 4 nitrogen and oxygen atoms in total. The predicted molar refractivity (Wildman–Crippen MR) is 81.2 cm³/mol. The highest BCUT2D eigenvalue weighted by molar-refractivity contribution is 7.91. The Bertz CT molecular complexity index is 341. The van der Waals surface area contributed by atoms with E-state index in [1.807, 2.05) is 0 Å². The Kier molecular flexibility index (Phi) is 7.32. The highest BCUT2D eigenvalue weighted by Crippen LogP contribution is 2.15. The summed E-state index contributed by atoms with van der Waals surface area (Å²) in [6.07, 6.45) is 2.46. The van der Waals surface area contributed by atoms with E-state index in [9.17, 15) is 8.42 Å². The number of hydrogen-bond acceptors (Lipinski definition) is 4. The number of hydrogen-bond donors (Lipinski definition) is 1. The molecule has 1 fully saturated rings. The molecular formula is C14H30N2O2S. The topological polar surface area (TPSA) is 49.4 Å². The van der Waals surface area contributed by atoms with Crippen LogP contribution in [-0.2, 0) is 9.84 Å². The smallest absolute Gasteiger partial charge is 0.151 e. The summed E-state index contributed by atoms with van der Waals surface area (Å²) in [6.45, 7) is 11.1. The van der Waals surface area contributed by atoms with Crippen LogP contribution in [0.15, 0.2) is 0 Å². The van der Waals surface area contributed by atoms with E-state index in [2.05, 4.69) is 24.1 Å². The van der Waals surface area contributed by atoms with Crippen LogP contribution in [0.3, 0.4) is 0 Å². The van der Waals surface area contributed by atoms with Gasteiger partial charge in [0.15, 0.2) is 9.84 Å². The maximum absolute atomic E-state index is 11.5. The number of sulfone groups is 1. The van der Waals surface area contributed by atoms with Crippen molar-refractivity contribution in [2.24, 2.45) is 11.8 Å². The molecule has 1 rings (SSSR count). The molecule has 0 aromatic heterocycles. The fourth-order valence-corrected chi connectivity index (χ4v) is 3.33. The monoisotopic (exact) mass is 290 g/mol. The second kappa shape index (κ2) is 8.22. The molecule has 19 heavy (non-hydrogen) atoms. The number of nitrogens with zero attached hydrogens (tertiary/aromatic N) is 1. The Morgan fingerprint density at radius 1 is 1.37 bits per heavy atom. The molecule has 1 N–H and O–H groups in total. The van der Waals surface area contributed by atoms with Crippen LogP contribution in [0.4, 0.5) is 0 Å². The maximum Gasteiger partial charge on any atom is 0.151 e. The lowest BCUT2D eigenvalue weighted by atomic mass is 9.98. The highest BCUT2D eigenvalue weighted by Gasteiger charge is 2.20. The predicted octanol–water partition coefficient (Wildman–Crippen LogP) is 1.38. The molecule has 0 aliphatic carbocycles. The van der Waals surface area contributed by atoms with Gasteiger partial charge >= 0.3 is 0 Å². The molecule has 1 aliphatic rings. The minimum absolute atomic E-state index is 0.264. The lowest BCUT2D eigenvalue weighted by molar-refractivity contribution is 0.180. The molecule has 0 amide bonds. The zero-order valence-electron chi connectivity index (χ0n) is 12.7. The van der Waals surface area contributed by atoms with E-state index in [4.69, 9.17) is 0 Å². The van der Waals surface area contributed by atoms with Gasteiger partial charge in [-0.05, 0) is 44.3 Å². The Morgan fingerprint density at radius 2 is 2.11 bits per heavy atom. The van der Waals surface area contributed by atoms with Gasteiger partial charge in [-0.15, -0.1) is 0 Å². The van der Waals surface area contributed by atoms with Crippen LogP contribution < -0.4 is 5.32 Å². The first-order valence-electron chi connectivity index (χ1n) is 7.56. The van der Waals surface area contributed by atoms with Crippen molar-refractivity contribution >= 4 is 9.84 Å². The fraction of sp³-hybridized carbons (Fsp3) is 1.00. The fourth-order valence-electron chi connectivity index (χ4n) is 2.51. The third kappa shape index (κ3) is 7.28. The summed E-state index contributed by atoms with van der Waals surface area (Å²) < 4.78 is 23.1. The number of piperidine rings is 1. The molecule has 0 saturated carbocycles. The number of nitrogens with one attached hydrogen (secondary N) is 1. The van der Waals surface area contributed by atoms with Crippen LogP contribution in [0.1, 0.15) is 33.6 Å². The lowest BCUT2D eigenvalue weighted by Gasteiger charge is -2.32. The molecule has 0 spiro atoms. The summed E-state index contributed by atoms with van der Waals surface area (Å²) in [6, 6.07) is 0. The molecule has 1 atom stereocenters. The summed E-state index contributed by atoms with van der Waals surface area (Å²) in [7, 11) is -2.82. The molecule has 0 aromatic rings. The van der Waals surface area contributed by atoms with Crippen molar-refractivity contribution in [3.05, 3.63) is 0 Å². The van der Waals surface area contributed by atoms with Gasteiger partial charge < -0.3 is 10.2 Å². The Balaban J connectivity index is 2.26. The minimum atomic E-state index is -2.82. The summed E-state index contributed by atoms with van der Waals surface area (Å²) in [5, 5.41) is 3.51. The average molecular weight is 290 g/mol. The lowest BCUT2D eigenvalue weighted by Crippen LogP contribution is -2.42. The van der Waals surface area contributed by atoms with Crippen LogP contribution in [0.25, 0.3) is 0 Å². The Morgan fingerprint density at radius 3 is 2.74 bits per heavy atom. The van der Waals surface area contributed by atoms with E-state index in [0.29, 0.717) is 24.1 Å². The zero-order chi connectivity index (χ0) is 14.3. The summed E-state index contributed by atoms with van der Waals surface area (Å²) in [4.78, 5) is 2.32. The van der Waals surface area contributed by atoms with Crippen molar-refractivity contribution < 1.29 is 8.42 Å². The molecule has 0 aromatic carbocycles. The minimum Gasteiger partial charge on any atom is -0.316 e. The quantitative estimate of drug-likeness (QED) is 0.734. The van der Waals surface area contributed by atoms with Gasteiger partial charge in [0.05, 0.1) is 5.75 Å². The largest absolute Gasteiger partial charge is 0.316 e. The highest BCUT2D eigenvalue weighted by atomic mass is 32.2. The van der Waals surface area contributed by atoms with E-state index < -0.39 is 9.84 Å².